The lowest BCUT2D eigenvalue weighted by Crippen LogP contribution is -2.17. The summed E-state index contributed by atoms with van der Waals surface area (Å²) in [7, 11) is 0. The summed E-state index contributed by atoms with van der Waals surface area (Å²) in [6.07, 6.45) is 1.62. The number of carbonyl (C=O) groups excluding carboxylic acids is 1. The lowest BCUT2D eigenvalue weighted by Gasteiger charge is -2.01. The molecule has 0 bridgehead atoms. The number of halogens is 1. The molecule has 0 aliphatic carbocycles. The van der Waals surface area contributed by atoms with Gasteiger partial charge in [-0.15, -0.1) is 0 Å². The van der Waals surface area contributed by atoms with Gasteiger partial charge >= 0.3 is 0 Å². The minimum atomic E-state index is -0.212. The highest BCUT2D eigenvalue weighted by molar-refractivity contribution is 9.10. The predicted octanol–water partition coefficient (Wildman–Crippen LogP) is 3.83. The van der Waals surface area contributed by atoms with E-state index in [1.807, 2.05) is 50.2 Å². The molecule has 0 saturated carbocycles. The fraction of sp³-hybridized carbons (Fsp3) is 0.125. The molecule has 20 heavy (non-hydrogen) atoms. The average molecular weight is 331 g/mol. The minimum absolute atomic E-state index is 0.212. The van der Waals surface area contributed by atoms with Crippen LogP contribution in [0.1, 0.15) is 27.0 Å². The van der Waals surface area contributed by atoms with Gasteiger partial charge in [0.2, 0.25) is 0 Å². The summed E-state index contributed by atoms with van der Waals surface area (Å²) >= 11 is 3.46. The first kappa shape index (κ1) is 14.5. The van der Waals surface area contributed by atoms with E-state index in [0.29, 0.717) is 5.56 Å². The number of amides is 1. The average Bonchev–Trinajstić information content (AvgIpc) is 2.42. The van der Waals surface area contributed by atoms with Crippen molar-refractivity contribution in [2.75, 3.05) is 0 Å². The summed E-state index contributed by atoms with van der Waals surface area (Å²) in [4.78, 5) is 11.9. The zero-order chi connectivity index (χ0) is 14.5. The van der Waals surface area contributed by atoms with Gasteiger partial charge < -0.3 is 0 Å². The van der Waals surface area contributed by atoms with Crippen LogP contribution in [-0.4, -0.2) is 12.1 Å². The van der Waals surface area contributed by atoms with E-state index >= 15 is 0 Å². The first-order valence-electron chi connectivity index (χ1n) is 6.22. The summed E-state index contributed by atoms with van der Waals surface area (Å²) in [6, 6.07) is 13.3. The van der Waals surface area contributed by atoms with Gasteiger partial charge in [0.05, 0.1) is 6.21 Å². The van der Waals surface area contributed by atoms with Gasteiger partial charge in [-0.1, -0.05) is 45.8 Å². The normalized spacial score (nSPS) is 10.8. The molecule has 0 spiro atoms. The molecule has 1 N–H and O–H groups in total. The van der Waals surface area contributed by atoms with Crippen molar-refractivity contribution in [1.29, 1.82) is 0 Å². The molecule has 0 unspecified atom stereocenters. The van der Waals surface area contributed by atoms with E-state index in [9.17, 15) is 4.79 Å². The van der Waals surface area contributed by atoms with Crippen LogP contribution in [0, 0.1) is 13.8 Å². The molecule has 0 aliphatic rings. The second-order valence-electron chi connectivity index (χ2n) is 4.58. The summed E-state index contributed by atoms with van der Waals surface area (Å²) in [5.74, 6) is -0.212. The standard InChI is InChI=1S/C16H15BrN2O/c1-11-4-3-5-14(8-11)16(20)19-18-10-13-7-6-12(2)15(17)9-13/h3-10H,1-2H3,(H,19,20)/b18-10+. The van der Waals surface area contributed by atoms with Gasteiger partial charge in [0.25, 0.3) is 5.91 Å². The summed E-state index contributed by atoms with van der Waals surface area (Å²) in [5, 5.41) is 3.97. The molecule has 0 radical (unpaired) electrons. The zero-order valence-corrected chi connectivity index (χ0v) is 12.9. The largest absolute Gasteiger partial charge is 0.271 e. The third kappa shape index (κ3) is 3.78. The van der Waals surface area contributed by atoms with Crippen molar-refractivity contribution >= 4 is 28.1 Å². The van der Waals surface area contributed by atoms with E-state index < -0.39 is 0 Å². The zero-order valence-electron chi connectivity index (χ0n) is 11.4. The first-order chi connectivity index (χ1) is 9.56. The quantitative estimate of drug-likeness (QED) is 0.674. The first-order valence-corrected chi connectivity index (χ1v) is 7.02. The smallest absolute Gasteiger partial charge is 0.267 e. The van der Waals surface area contributed by atoms with Gasteiger partial charge in [0.15, 0.2) is 0 Å². The highest BCUT2D eigenvalue weighted by Crippen LogP contribution is 2.16. The number of carbonyl (C=O) groups is 1. The molecule has 0 heterocycles. The lowest BCUT2D eigenvalue weighted by atomic mass is 10.1. The van der Waals surface area contributed by atoms with Crippen LogP contribution in [0.5, 0.6) is 0 Å². The van der Waals surface area contributed by atoms with Crippen molar-refractivity contribution in [1.82, 2.24) is 5.43 Å². The molecular weight excluding hydrogens is 316 g/mol. The monoisotopic (exact) mass is 330 g/mol. The molecule has 102 valence electrons. The van der Waals surface area contributed by atoms with Gasteiger partial charge in [-0.2, -0.15) is 5.10 Å². The molecule has 0 aromatic heterocycles. The predicted molar refractivity (Wildman–Crippen MR) is 85.1 cm³/mol. The van der Waals surface area contributed by atoms with Crippen molar-refractivity contribution in [2.24, 2.45) is 5.10 Å². The van der Waals surface area contributed by atoms with E-state index in [4.69, 9.17) is 0 Å². The number of hydrogen-bond donors (Lipinski definition) is 1. The van der Waals surface area contributed by atoms with Crippen LogP contribution in [0.3, 0.4) is 0 Å². The Morgan fingerprint density at radius 1 is 1.20 bits per heavy atom. The Bertz CT molecular complexity index is 665. The highest BCUT2D eigenvalue weighted by Gasteiger charge is 2.03. The molecule has 3 nitrogen and oxygen atoms in total. The lowest BCUT2D eigenvalue weighted by molar-refractivity contribution is 0.0955. The Morgan fingerprint density at radius 3 is 2.70 bits per heavy atom. The third-order valence-corrected chi connectivity index (χ3v) is 3.71. The minimum Gasteiger partial charge on any atom is -0.267 e. The van der Waals surface area contributed by atoms with Crippen LogP contribution in [0.4, 0.5) is 0 Å². The third-order valence-electron chi connectivity index (χ3n) is 2.86. The van der Waals surface area contributed by atoms with Crippen LogP contribution in [0.2, 0.25) is 0 Å². The van der Waals surface area contributed by atoms with Crippen molar-refractivity contribution in [2.45, 2.75) is 13.8 Å². The summed E-state index contributed by atoms with van der Waals surface area (Å²) < 4.78 is 1.02. The Hall–Kier alpha value is -1.94. The second kappa shape index (κ2) is 6.48. The number of hydrazone groups is 1. The molecule has 0 fully saturated rings. The molecule has 0 aliphatic heterocycles. The van der Waals surface area contributed by atoms with Gasteiger partial charge in [-0.25, -0.2) is 5.43 Å². The summed E-state index contributed by atoms with van der Waals surface area (Å²) in [6.45, 7) is 3.97. The van der Waals surface area contributed by atoms with Crippen LogP contribution in [0.15, 0.2) is 52.0 Å². The number of nitrogens with one attached hydrogen (secondary N) is 1. The molecule has 0 atom stereocenters. The van der Waals surface area contributed by atoms with Crippen LogP contribution in [-0.2, 0) is 0 Å². The number of nitrogens with zero attached hydrogens (tertiary/aromatic N) is 1. The van der Waals surface area contributed by atoms with E-state index in [1.54, 1.807) is 12.3 Å². The van der Waals surface area contributed by atoms with E-state index in [-0.39, 0.29) is 5.91 Å². The van der Waals surface area contributed by atoms with E-state index in [0.717, 1.165) is 21.2 Å². The van der Waals surface area contributed by atoms with Crippen molar-refractivity contribution in [3.8, 4) is 0 Å². The van der Waals surface area contributed by atoms with Crippen LogP contribution >= 0.6 is 15.9 Å². The van der Waals surface area contributed by atoms with Crippen molar-refractivity contribution < 1.29 is 4.79 Å². The number of aryl methyl sites for hydroxylation is 2. The topological polar surface area (TPSA) is 41.5 Å². The Labute approximate surface area is 126 Å². The maximum absolute atomic E-state index is 11.9. The van der Waals surface area contributed by atoms with Gasteiger partial charge in [0.1, 0.15) is 0 Å². The van der Waals surface area contributed by atoms with Gasteiger partial charge in [-0.3, -0.25) is 4.79 Å². The molecule has 1 amide bonds. The SMILES string of the molecule is Cc1cccc(C(=O)N/N=C/c2ccc(C)c(Br)c2)c1. The molecule has 2 rings (SSSR count). The fourth-order valence-corrected chi connectivity index (χ4v) is 2.10. The highest BCUT2D eigenvalue weighted by atomic mass is 79.9. The van der Waals surface area contributed by atoms with Crippen LogP contribution in [0.25, 0.3) is 0 Å². The van der Waals surface area contributed by atoms with Gasteiger partial charge in [0, 0.05) is 10.0 Å². The van der Waals surface area contributed by atoms with Gasteiger partial charge in [-0.05, 0) is 43.2 Å². The molecular formula is C16H15BrN2O. The molecule has 4 heteroatoms. The Morgan fingerprint density at radius 2 is 2.00 bits per heavy atom. The van der Waals surface area contributed by atoms with E-state index in [2.05, 4.69) is 26.5 Å². The molecule has 2 aromatic carbocycles. The molecule has 2 aromatic rings. The van der Waals surface area contributed by atoms with Crippen LogP contribution < -0.4 is 5.43 Å². The van der Waals surface area contributed by atoms with Crippen molar-refractivity contribution in [3.05, 3.63) is 69.2 Å². The Kier molecular flexibility index (Phi) is 4.69. The number of hydrogen-bond acceptors (Lipinski definition) is 2. The maximum Gasteiger partial charge on any atom is 0.271 e. The second-order valence-corrected chi connectivity index (χ2v) is 5.43. The number of rotatable bonds is 3. The molecule has 0 saturated heterocycles. The van der Waals surface area contributed by atoms with Crippen molar-refractivity contribution in [3.63, 3.8) is 0 Å². The summed E-state index contributed by atoms with van der Waals surface area (Å²) in [5.41, 5.74) is 6.25. The maximum atomic E-state index is 11.9. The Balaban J connectivity index is 2.02. The van der Waals surface area contributed by atoms with E-state index in [1.165, 1.54) is 0 Å². The number of benzene rings is 2. The fourth-order valence-electron chi connectivity index (χ4n) is 1.71.